The Labute approximate surface area is 242 Å². The molecule has 220 valence electrons. The average molecular weight is 562 g/mol. The molecule has 5 rings (SSSR count). The number of amides is 1. The van der Waals surface area contributed by atoms with E-state index < -0.39 is 5.60 Å². The van der Waals surface area contributed by atoms with Gasteiger partial charge >= 0.3 is 6.09 Å². The van der Waals surface area contributed by atoms with E-state index in [1.807, 2.05) is 86.9 Å². The van der Waals surface area contributed by atoms with Gasteiger partial charge in [-0.15, -0.1) is 0 Å². The molecule has 0 radical (unpaired) electrons. The van der Waals surface area contributed by atoms with Gasteiger partial charge in [-0.2, -0.15) is 0 Å². The molecule has 2 fully saturated rings. The molecule has 0 N–H and O–H groups in total. The second kappa shape index (κ2) is 11.6. The first-order chi connectivity index (χ1) is 19.5. The molecule has 1 saturated carbocycles. The maximum Gasteiger partial charge on any atom is 0.410 e. The molecule has 10 heteroatoms. The van der Waals surface area contributed by atoms with Crippen LogP contribution in [0.3, 0.4) is 0 Å². The van der Waals surface area contributed by atoms with Gasteiger partial charge in [0.05, 0.1) is 29.9 Å². The lowest BCUT2D eigenvalue weighted by atomic mass is 10.0. The monoisotopic (exact) mass is 561 g/mol. The molecule has 1 amide bonds. The highest BCUT2D eigenvalue weighted by atomic mass is 16.6. The van der Waals surface area contributed by atoms with Crippen molar-refractivity contribution in [2.75, 3.05) is 43.5 Å². The first kappa shape index (κ1) is 28.7. The lowest BCUT2D eigenvalue weighted by Crippen LogP contribution is -2.52. The van der Waals surface area contributed by atoms with Crippen LogP contribution in [0.4, 0.5) is 16.2 Å². The van der Waals surface area contributed by atoms with Crippen molar-refractivity contribution in [2.45, 2.75) is 71.2 Å². The summed E-state index contributed by atoms with van der Waals surface area (Å²) in [5.41, 5.74) is 3.00. The van der Waals surface area contributed by atoms with E-state index in [0.717, 1.165) is 48.6 Å². The van der Waals surface area contributed by atoms with Crippen LogP contribution in [0.5, 0.6) is 0 Å². The molecule has 41 heavy (non-hydrogen) atoms. The highest BCUT2D eigenvalue weighted by Crippen LogP contribution is 2.33. The highest BCUT2D eigenvalue weighted by molar-refractivity contribution is 5.69. The zero-order valence-corrected chi connectivity index (χ0v) is 25.2. The summed E-state index contributed by atoms with van der Waals surface area (Å²) in [7, 11) is 3.96. The molecule has 10 nitrogen and oxygen atoms in total. The van der Waals surface area contributed by atoms with Gasteiger partial charge in [-0.3, -0.25) is 14.3 Å². The molecule has 3 aromatic heterocycles. The Kier molecular flexibility index (Phi) is 8.11. The Morgan fingerprint density at radius 3 is 2.63 bits per heavy atom. The molecule has 0 spiro atoms. The molecule has 3 aromatic rings. The predicted octanol–water partition coefficient (Wildman–Crippen LogP) is 4.86. The van der Waals surface area contributed by atoms with Crippen molar-refractivity contribution in [1.82, 2.24) is 24.0 Å². The molecule has 0 bridgehead atoms. The summed E-state index contributed by atoms with van der Waals surface area (Å²) < 4.78 is 9.42. The second-order valence-corrected chi connectivity index (χ2v) is 12.6. The summed E-state index contributed by atoms with van der Waals surface area (Å²) in [6, 6.07) is 5.82. The number of carbonyl (C=O) groups is 1. The van der Waals surface area contributed by atoms with E-state index in [9.17, 15) is 9.59 Å². The zero-order chi connectivity index (χ0) is 29.3. The van der Waals surface area contributed by atoms with Gasteiger partial charge in [0.2, 0.25) is 0 Å². The second-order valence-electron chi connectivity index (χ2n) is 12.6. The molecule has 0 aromatic carbocycles. The fourth-order valence-corrected chi connectivity index (χ4v) is 5.35. The number of aromatic nitrogens is 4. The van der Waals surface area contributed by atoms with E-state index >= 15 is 0 Å². The molecule has 1 saturated heterocycles. The van der Waals surface area contributed by atoms with Crippen LogP contribution in [0.25, 0.3) is 11.3 Å². The van der Waals surface area contributed by atoms with Gasteiger partial charge in [-0.05, 0) is 71.4 Å². The van der Waals surface area contributed by atoms with Crippen LogP contribution in [0.1, 0.15) is 59.5 Å². The number of piperidine rings is 1. The highest BCUT2D eigenvalue weighted by Gasteiger charge is 2.36. The number of carbonyl (C=O) groups excluding carboxylic acids is 1. The van der Waals surface area contributed by atoms with E-state index in [0.29, 0.717) is 12.5 Å². The van der Waals surface area contributed by atoms with Crippen molar-refractivity contribution < 1.29 is 9.53 Å². The zero-order valence-electron chi connectivity index (χ0n) is 25.2. The molecule has 1 aliphatic heterocycles. The number of imidazole rings is 1. The van der Waals surface area contributed by atoms with Gasteiger partial charge in [-0.25, -0.2) is 9.78 Å². The summed E-state index contributed by atoms with van der Waals surface area (Å²) in [5.74, 6) is 0.570. The van der Waals surface area contributed by atoms with E-state index in [1.54, 1.807) is 23.2 Å². The minimum atomic E-state index is -0.530. The fourth-order valence-electron chi connectivity index (χ4n) is 5.35. The standard InChI is InChI=1S/C31H43N7O3/c1-22(36-20-28(33-21-36)24-14-27(34(5)6)17-32-16-24)37-13-11-25(15-29(37)39)35-12-7-8-26(19-35)38(18-23-9-10-23)30(40)41-31(2,3)4/h11,13-17,20-23,26H,7-10,12,18-19H2,1-6H3/t22?,26-/m1/s1. The SMILES string of the molecule is CC(n1cnc(-c2cncc(N(C)C)c2)c1)n1ccc(N2CCC[C@@H](N(CC3CC3)C(=O)OC(C)(C)C)C2)cc1=O. The molecule has 2 atom stereocenters. The van der Waals surface area contributed by atoms with Crippen LogP contribution in [0, 0.1) is 5.92 Å². The smallest absolute Gasteiger partial charge is 0.410 e. The van der Waals surface area contributed by atoms with Crippen LogP contribution < -0.4 is 15.4 Å². The van der Waals surface area contributed by atoms with E-state index in [1.165, 1.54) is 12.8 Å². The third-order valence-corrected chi connectivity index (χ3v) is 7.89. The number of nitrogens with zero attached hydrogens (tertiary/aromatic N) is 7. The quantitative estimate of drug-likeness (QED) is 0.388. The lowest BCUT2D eigenvalue weighted by Gasteiger charge is -2.40. The molecule has 4 heterocycles. The van der Waals surface area contributed by atoms with Crippen LogP contribution in [0.2, 0.25) is 0 Å². The number of pyridine rings is 2. The molecular formula is C31H43N7O3. The average Bonchev–Trinajstić information content (AvgIpc) is 3.62. The number of hydrogen-bond acceptors (Lipinski definition) is 7. The number of hydrogen-bond donors (Lipinski definition) is 0. The Bertz CT molecular complexity index is 1420. The molecule has 1 unspecified atom stereocenters. The van der Waals surface area contributed by atoms with Crippen LogP contribution in [-0.2, 0) is 4.74 Å². The summed E-state index contributed by atoms with van der Waals surface area (Å²) >= 11 is 0. The largest absolute Gasteiger partial charge is 0.444 e. The van der Waals surface area contributed by atoms with Crippen molar-refractivity contribution >= 4 is 17.5 Å². The van der Waals surface area contributed by atoms with E-state index in [2.05, 4.69) is 14.9 Å². The van der Waals surface area contributed by atoms with Crippen LogP contribution >= 0.6 is 0 Å². The Balaban J connectivity index is 1.30. The van der Waals surface area contributed by atoms with Crippen LogP contribution in [0.15, 0.2) is 54.1 Å². The van der Waals surface area contributed by atoms with Crippen molar-refractivity contribution in [3.63, 3.8) is 0 Å². The first-order valence-electron chi connectivity index (χ1n) is 14.6. The van der Waals surface area contributed by atoms with Gasteiger partial charge in [0, 0.05) is 69.6 Å². The maximum absolute atomic E-state index is 13.3. The summed E-state index contributed by atoms with van der Waals surface area (Å²) in [6.45, 7) is 10.0. The number of rotatable bonds is 8. The Morgan fingerprint density at radius 1 is 1.17 bits per heavy atom. The van der Waals surface area contributed by atoms with Crippen LogP contribution in [-0.4, -0.2) is 75.5 Å². The van der Waals surface area contributed by atoms with Gasteiger partial charge in [0.25, 0.3) is 5.56 Å². The first-order valence-corrected chi connectivity index (χ1v) is 14.6. The third-order valence-electron chi connectivity index (χ3n) is 7.89. The van der Waals surface area contributed by atoms with Crippen molar-refractivity contribution in [1.29, 1.82) is 0 Å². The van der Waals surface area contributed by atoms with Gasteiger partial charge < -0.3 is 24.0 Å². The van der Waals surface area contributed by atoms with Gasteiger partial charge in [0.15, 0.2) is 0 Å². The Hall–Kier alpha value is -3.82. The van der Waals surface area contributed by atoms with Crippen molar-refractivity contribution in [2.24, 2.45) is 5.92 Å². The number of anilines is 2. The number of ether oxygens (including phenoxy) is 1. The Morgan fingerprint density at radius 2 is 1.95 bits per heavy atom. The van der Waals surface area contributed by atoms with E-state index in [-0.39, 0.29) is 23.9 Å². The molecular weight excluding hydrogens is 518 g/mol. The summed E-state index contributed by atoms with van der Waals surface area (Å²) in [4.78, 5) is 41.6. The molecule has 2 aliphatic rings. The van der Waals surface area contributed by atoms with E-state index in [4.69, 9.17) is 4.74 Å². The summed E-state index contributed by atoms with van der Waals surface area (Å²) in [5, 5.41) is 0. The minimum absolute atomic E-state index is 0.0606. The van der Waals surface area contributed by atoms with Gasteiger partial charge in [0.1, 0.15) is 11.8 Å². The lowest BCUT2D eigenvalue weighted by molar-refractivity contribution is 0.0134. The molecule has 1 aliphatic carbocycles. The minimum Gasteiger partial charge on any atom is -0.444 e. The third kappa shape index (κ3) is 6.92. The summed E-state index contributed by atoms with van der Waals surface area (Å²) in [6.07, 6.45) is 12.9. The maximum atomic E-state index is 13.3. The van der Waals surface area contributed by atoms with Crippen molar-refractivity contribution in [3.05, 3.63) is 59.7 Å². The van der Waals surface area contributed by atoms with Gasteiger partial charge in [-0.1, -0.05) is 0 Å². The topological polar surface area (TPSA) is 88.7 Å². The predicted molar refractivity (Wildman–Crippen MR) is 161 cm³/mol. The fraction of sp³-hybridized carbons (Fsp3) is 0.548. The normalized spacial score (nSPS) is 18.2. The van der Waals surface area contributed by atoms with Crippen molar-refractivity contribution in [3.8, 4) is 11.3 Å².